The number of nitrogens with one attached hydrogen (secondary N) is 3. The summed E-state index contributed by atoms with van der Waals surface area (Å²) in [6.07, 6.45) is 14.4. The number of H-pyrrole nitrogens is 2. The van der Waals surface area contributed by atoms with Crippen LogP contribution in [-0.2, 0) is 21.1 Å². The second-order valence-electron chi connectivity index (χ2n) is 12.3. The molecular formula is C34H33FN8O3S. The summed E-state index contributed by atoms with van der Waals surface area (Å²) in [6, 6.07) is 10.1. The smallest absolute Gasteiger partial charge is 0.224 e. The molecular weight excluding hydrogens is 619 g/mol. The number of rotatable bonds is 9. The average molecular weight is 653 g/mol. The largest absolute Gasteiger partial charge is 0.337 e. The molecule has 1 amide bonds. The van der Waals surface area contributed by atoms with Crippen molar-refractivity contribution in [2.75, 3.05) is 17.3 Å². The molecule has 0 bridgehead atoms. The maximum Gasteiger partial charge on any atom is 0.224 e. The summed E-state index contributed by atoms with van der Waals surface area (Å²) in [5.74, 6) is 0.365. The molecule has 1 saturated carbocycles. The lowest BCUT2D eigenvalue weighted by Crippen LogP contribution is -2.18. The number of benzene rings is 1. The Morgan fingerprint density at radius 3 is 2.66 bits per heavy atom. The number of imidazole rings is 1. The van der Waals surface area contributed by atoms with E-state index in [0.717, 1.165) is 35.6 Å². The zero-order valence-electron chi connectivity index (χ0n) is 25.8. The normalized spacial score (nSPS) is 14.2. The fourth-order valence-electron chi connectivity index (χ4n) is 6.27. The third-order valence-corrected chi connectivity index (χ3v) is 9.54. The van der Waals surface area contributed by atoms with Crippen molar-refractivity contribution in [1.29, 1.82) is 0 Å². The van der Waals surface area contributed by atoms with Gasteiger partial charge in [0.1, 0.15) is 26.9 Å². The zero-order valence-corrected chi connectivity index (χ0v) is 26.6. The van der Waals surface area contributed by atoms with Gasteiger partial charge < -0.3 is 10.3 Å². The molecule has 0 unspecified atom stereocenters. The predicted molar refractivity (Wildman–Crippen MR) is 179 cm³/mol. The first-order chi connectivity index (χ1) is 22.7. The zero-order chi connectivity index (χ0) is 32.5. The predicted octanol–water partition coefficient (Wildman–Crippen LogP) is 6.26. The number of anilines is 1. The first-order valence-corrected chi connectivity index (χ1v) is 17.7. The molecule has 0 aliphatic heterocycles. The van der Waals surface area contributed by atoms with Crippen LogP contribution in [0.25, 0.3) is 56.0 Å². The number of amides is 1. The number of aromatic amines is 2. The van der Waals surface area contributed by atoms with Gasteiger partial charge in [0, 0.05) is 48.0 Å². The fraction of sp³-hybridized carbons (Fsp3) is 0.294. The van der Waals surface area contributed by atoms with Crippen LogP contribution < -0.4 is 5.32 Å². The Bertz CT molecular complexity index is 2220. The van der Waals surface area contributed by atoms with Gasteiger partial charge in [0.2, 0.25) is 5.91 Å². The highest BCUT2D eigenvalue weighted by Gasteiger charge is 2.19. The first kappa shape index (κ1) is 30.6. The van der Waals surface area contributed by atoms with E-state index in [2.05, 4.69) is 35.5 Å². The quantitative estimate of drug-likeness (QED) is 0.165. The van der Waals surface area contributed by atoms with Crippen molar-refractivity contribution in [2.24, 2.45) is 5.92 Å². The van der Waals surface area contributed by atoms with Crippen molar-refractivity contribution < 1.29 is 17.6 Å². The SMILES string of the molecule is CS(=O)(=O)CCc1cc(F)cc(-c2nccc3[nH]c(-c4[nH]nc5ncc(-c6cncc(NC(=O)CC7CCCCC7)c6)cc45)nc23)c1. The van der Waals surface area contributed by atoms with Crippen LogP contribution in [0.3, 0.4) is 0 Å². The summed E-state index contributed by atoms with van der Waals surface area (Å²) in [5.41, 5.74) is 6.02. The molecule has 5 aromatic heterocycles. The third-order valence-electron chi connectivity index (χ3n) is 8.59. The van der Waals surface area contributed by atoms with Crippen molar-refractivity contribution in [3.8, 4) is 33.9 Å². The van der Waals surface area contributed by atoms with Crippen LogP contribution in [0.1, 0.15) is 44.1 Å². The highest BCUT2D eigenvalue weighted by Crippen LogP contribution is 2.33. The monoisotopic (exact) mass is 652 g/mol. The number of halogens is 1. The summed E-state index contributed by atoms with van der Waals surface area (Å²) in [5, 5.41) is 11.1. The number of hydrogen-bond donors (Lipinski definition) is 3. The number of aryl methyl sites for hydroxylation is 1. The Morgan fingerprint density at radius 2 is 1.83 bits per heavy atom. The summed E-state index contributed by atoms with van der Waals surface area (Å²) in [4.78, 5) is 34.3. The van der Waals surface area contributed by atoms with Crippen molar-refractivity contribution in [2.45, 2.75) is 44.9 Å². The summed E-state index contributed by atoms with van der Waals surface area (Å²) >= 11 is 0. The van der Waals surface area contributed by atoms with Gasteiger partial charge in [-0.25, -0.2) is 22.8 Å². The van der Waals surface area contributed by atoms with Gasteiger partial charge in [0.15, 0.2) is 11.5 Å². The number of pyridine rings is 3. The highest BCUT2D eigenvalue weighted by atomic mass is 32.2. The maximum absolute atomic E-state index is 14.6. The molecule has 3 N–H and O–H groups in total. The molecule has 1 aliphatic carbocycles. The minimum absolute atomic E-state index is 0.00339. The molecule has 7 rings (SSSR count). The second kappa shape index (κ2) is 12.6. The molecule has 0 atom stereocenters. The van der Waals surface area contributed by atoms with Gasteiger partial charge in [-0.1, -0.05) is 19.3 Å². The molecule has 6 aromatic rings. The summed E-state index contributed by atoms with van der Waals surface area (Å²) in [7, 11) is -3.21. The van der Waals surface area contributed by atoms with Crippen LogP contribution in [0.2, 0.25) is 0 Å². The number of carbonyl (C=O) groups excluding carboxylic acids is 1. The van der Waals surface area contributed by atoms with Gasteiger partial charge in [0.05, 0.1) is 34.2 Å². The number of carbonyl (C=O) groups is 1. The van der Waals surface area contributed by atoms with Crippen LogP contribution in [0.15, 0.2) is 61.2 Å². The molecule has 0 radical (unpaired) electrons. The molecule has 0 saturated heterocycles. The molecule has 13 heteroatoms. The van der Waals surface area contributed by atoms with Gasteiger partial charge in [-0.3, -0.25) is 19.9 Å². The highest BCUT2D eigenvalue weighted by molar-refractivity contribution is 7.90. The average Bonchev–Trinajstić information content (AvgIpc) is 3.68. The molecule has 240 valence electrons. The lowest BCUT2D eigenvalue weighted by Gasteiger charge is -2.20. The van der Waals surface area contributed by atoms with Crippen LogP contribution in [0.5, 0.6) is 0 Å². The van der Waals surface area contributed by atoms with Crippen molar-refractivity contribution >= 4 is 43.5 Å². The van der Waals surface area contributed by atoms with Gasteiger partial charge >= 0.3 is 0 Å². The van der Waals surface area contributed by atoms with Gasteiger partial charge in [-0.05, 0) is 67.1 Å². The fourth-order valence-corrected chi connectivity index (χ4v) is 6.88. The Kier molecular flexibility index (Phi) is 8.22. The lowest BCUT2D eigenvalue weighted by atomic mass is 9.87. The summed E-state index contributed by atoms with van der Waals surface area (Å²) < 4.78 is 38.0. The Hall–Kier alpha value is -5.04. The molecule has 1 aromatic carbocycles. The van der Waals surface area contributed by atoms with Gasteiger partial charge in [-0.2, -0.15) is 5.10 Å². The number of sulfone groups is 1. The van der Waals surface area contributed by atoms with E-state index in [1.165, 1.54) is 31.4 Å². The second-order valence-corrected chi connectivity index (χ2v) is 14.5. The van der Waals surface area contributed by atoms with Crippen LogP contribution in [-0.4, -0.2) is 61.5 Å². The minimum Gasteiger partial charge on any atom is -0.337 e. The molecule has 1 aliphatic rings. The Morgan fingerprint density at radius 1 is 1.00 bits per heavy atom. The standard InChI is InChI=1S/C34H33FN8O3S/c1-47(45,46)10-8-21-11-22(14-25(35)12-21)30-32-28(7-9-37-30)40-34(41-32)31-27-16-24(18-38-33(27)43-42-31)23-15-26(19-36-17-23)39-29(44)13-20-5-3-2-4-6-20/h7,9,11-12,14-20H,2-6,8,10,13H2,1H3,(H,39,44)(H,40,41)(H,38,42,43). The van der Waals surface area contributed by atoms with E-state index in [1.54, 1.807) is 36.9 Å². The molecule has 1 fully saturated rings. The first-order valence-electron chi connectivity index (χ1n) is 15.6. The van der Waals surface area contributed by atoms with Crippen LogP contribution >= 0.6 is 0 Å². The van der Waals surface area contributed by atoms with E-state index in [1.807, 2.05) is 12.1 Å². The van der Waals surface area contributed by atoms with Crippen LogP contribution in [0.4, 0.5) is 10.1 Å². The molecule has 11 nitrogen and oxygen atoms in total. The van der Waals surface area contributed by atoms with E-state index >= 15 is 0 Å². The number of aromatic nitrogens is 7. The maximum atomic E-state index is 14.6. The number of nitrogens with zero attached hydrogens (tertiary/aromatic N) is 5. The molecule has 47 heavy (non-hydrogen) atoms. The van der Waals surface area contributed by atoms with Crippen molar-refractivity contribution in [1.82, 2.24) is 35.1 Å². The number of hydrogen-bond acceptors (Lipinski definition) is 8. The number of fused-ring (bicyclic) bond motifs is 2. The Labute approximate surface area is 270 Å². The van der Waals surface area contributed by atoms with E-state index < -0.39 is 15.7 Å². The van der Waals surface area contributed by atoms with Gasteiger partial charge in [0.25, 0.3) is 0 Å². The summed E-state index contributed by atoms with van der Waals surface area (Å²) in [6.45, 7) is 0. The van der Waals surface area contributed by atoms with E-state index in [0.29, 0.717) is 63.0 Å². The van der Waals surface area contributed by atoms with E-state index in [-0.39, 0.29) is 18.1 Å². The third kappa shape index (κ3) is 6.89. The Balaban J connectivity index is 1.18. The van der Waals surface area contributed by atoms with Gasteiger partial charge in [-0.15, -0.1) is 0 Å². The van der Waals surface area contributed by atoms with E-state index in [4.69, 9.17) is 4.98 Å². The van der Waals surface area contributed by atoms with Crippen LogP contribution in [0, 0.1) is 11.7 Å². The topological polar surface area (TPSA) is 159 Å². The molecule has 5 heterocycles. The lowest BCUT2D eigenvalue weighted by molar-refractivity contribution is -0.117. The van der Waals surface area contributed by atoms with Crippen molar-refractivity contribution in [3.63, 3.8) is 0 Å². The minimum atomic E-state index is -3.21. The molecule has 0 spiro atoms. The van der Waals surface area contributed by atoms with E-state index in [9.17, 15) is 17.6 Å². The van der Waals surface area contributed by atoms with Crippen molar-refractivity contribution in [3.05, 3.63) is 72.6 Å².